The molecule has 2 rings (SSSR count). The van der Waals surface area contributed by atoms with Gasteiger partial charge in [0, 0.05) is 5.38 Å². The molecule has 1 N–H and O–H groups in total. The summed E-state index contributed by atoms with van der Waals surface area (Å²) in [5, 5.41) is 9.57. The lowest BCUT2D eigenvalue weighted by Crippen LogP contribution is -2.20. The highest BCUT2D eigenvalue weighted by molar-refractivity contribution is 6.21. The van der Waals surface area contributed by atoms with Crippen LogP contribution < -0.4 is 0 Å². The number of hydrogen-bond acceptors (Lipinski definition) is 1. The van der Waals surface area contributed by atoms with Gasteiger partial charge in [-0.25, -0.2) is 0 Å². The third kappa shape index (κ3) is 2.31. The van der Waals surface area contributed by atoms with Crippen LogP contribution in [0.25, 0.3) is 5.57 Å². The first-order chi connectivity index (χ1) is 7.72. The van der Waals surface area contributed by atoms with Crippen molar-refractivity contribution in [2.75, 3.05) is 6.61 Å². The zero-order valence-electron chi connectivity index (χ0n) is 9.49. The normalized spacial score (nSPS) is 25.9. The Kier molecular flexibility index (Phi) is 3.67. The van der Waals surface area contributed by atoms with Crippen molar-refractivity contribution in [3.63, 3.8) is 0 Å². The molecule has 0 saturated carbocycles. The molecule has 0 heterocycles. The van der Waals surface area contributed by atoms with Gasteiger partial charge in [-0.15, -0.1) is 11.6 Å². The predicted molar refractivity (Wildman–Crippen MR) is 68.5 cm³/mol. The van der Waals surface area contributed by atoms with Gasteiger partial charge in [0.25, 0.3) is 0 Å². The highest BCUT2D eigenvalue weighted by Crippen LogP contribution is 2.37. The van der Waals surface area contributed by atoms with E-state index in [-0.39, 0.29) is 12.0 Å². The van der Waals surface area contributed by atoms with Crippen molar-refractivity contribution in [3.05, 3.63) is 41.5 Å². The van der Waals surface area contributed by atoms with Gasteiger partial charge in [0.15, 0.2) is 0 Å². The van der Waals surface area contributed by atoms with E-state index in [2.05, 4.69) is 19.1 Å². The summed E-state index contributed by atoms with van der Waals surface area (Å²) in [6, 6.07) is 10.3. The maximum absolute atomic E-state index is 9.41. The van der Waals surface area contributed by atoms with Crippen molar-refractivity contribution in [1.82, 2.24) is 0 Å². The molecule has 0 fully saturated rings. The Morgan fingerprint density at radius 1 is 1.25 bits per heavy atom. The fourth-order valence-corrected chi connectivity index (χ4v) is 2.55. The molecular weight excluding hydrogens is 220 g/mol. The summed E-state index contributed by atoms with van der Waals surface area (Å²) in [5.41, 5.74) is 3.61. The van der Waals surface area contributed by atoms with Crippen molar-refractivity contribution in [2.45, 2.75) is 25.1 Å². The molecule has 0 amide bonds. The lowest BCUT2D eigenvalue weighted by Gasteiger charge is -2.28. The van der Waals surface area contributed by atoms with Gasteiger partial charge < -0.3 is 5.11 Å². The summed E-state index contributed by atoms with van der Waals surface area (Å²) in [5.74, 6) is 0.479. The number of benzene rings is 1. The largest absolute Gasteiger partial charge is 0.392 e. The van der Waals surface area contributed by atoms with Crippen molar-refractivity contribution >= 4 is 17.2 Å². The quantitative estimate of drug-likeness (QED) is 0.780. The Hall–Kier alpha value is -0.790. The highest BCUT2D eigenvalue weighted by Gasteiger charge is 2.25. The number of halogens is 1. The number of alkyl halides is 1. The molecule has 1 aliphatic carbocycles. The second-order valence-electron chi connectivity index (χ2n) is 4.51. The van der Waals surface area contributed by atoms with Crippen molar-refractivity contribution < 1.29 is 5.11 Å². The summed E-state index contributed by atoms with van der Waals surface area (Å²) < 4.78 is 0. The number of aliphatic hydroxyl groups excluding tert-OH is 1. The molecule has 1 nitrogen and oxygen atoms in total. The molecule has 2 unspecified atom stereocenters. The van der Waals surface area contributed by atoms with Crippen molar-refractivity contribution in [1.29, 1.82) is 0 Å². The molecule has 0 saturated heterocycles. The van der Waals surface area contributed by atoms with Gasteiger partial charge in [0.05, 0.1) is 6.61 Å². The fraction of sp³-hybridized carbons (Fsp3) is 0.429. The van der Waals surface area contributed by atoms with E-state index < -0.39 is 0 Å². The summed E-state index contributed by atoms with van der Waals surface area (Å²) >= 11 is 6.25. The maximum atomic E-state index is 9.41. The minimum absolute atomic E-state index is 0.125. The van der Waals surface area contributed by atoms with E-state index in [1.165, 1.54) is 11.1 Å². The number of aliphatic hydroxyl groups is 1. The second-order valence-corrected chi connectivity index (χ2v) is 5.07. The highest BCUT2D eigenvalue weighted by atomic mass is 35.5. The summed E-state index contributed by atoms with van der Waals surface area (Å²) in [7, 11) is 0. The fourth-order valence-electron chi connectivity index (χ4n) is 2.28. The van der Waals surface area contributed by atoms with Gasteiger partial charge in [0.2, 0.25) is 0 Å². The van der Waals surface area contributed by atoms with Gasteiger partial charge >= 0.3 is 0 Å². The van der Waals surface area contributed by atoms with Gasteiger partial charge in [-0.1, -0.05) is 37.3 Å². The Labute approximate surface area is 102 Å². The minimum atomic E-state index is 0.125. The lowest BCUT2D eigenvalue weighted by molar-refractivity contribution is 0.320. The molecule has 16 heavy (non-hydrogen) atoms. The van der Waals surface area contributed by atoms with Crippen LogP contribution in [0, 0.1) is 5.92 Å². The van der Waals surface area contributed by atoms with E-state index in [9.17, 15) is 5.11 Å². The third-order valence-corrected chi connectivity index (χ3v) is 3.91. The molecule has 0 bridgehead atoms. The van der Waals surface area contributed by atoms with Crippen molar-refractivity contribution in [2.24, 2.45) is 5.92 Å². The lowest BCUT2D eigenvalue weighted by atomic mass is 9.82. The van der Waals surface area contributed by atoms with Crippen LogP contribution in [0.15, 0.2) is 35.9 Å². The zero-order chi connectivity index (χ0) is 11.5. The summed E-state index contributed by atoms with van der Waals surface area (Å²) in [6.45, 7) is 2.30. The molecule has 0 aliphatic heterocycles. The summed E-state index contributed by atoms with van der Waals surface area (Å²) in [6.07, 6.45) is 1.78. The Balaban J connectivity index is 2.37. The van der Waals surface area contributed by atoms with Crippen LogP contribution in [0.3, 0.4) is 0 Å². The van der Waals surface area contributed by atoms with Gasteiger partial charge in [-0.05, 0) is 35.5 Å². The molecule has 1 aromatic carbocycles. The molecule has 0 aromatic heterocycles. The van der Waals surface area contributed by atoms with Crippen LogP contribution in [-0.2, 0) is 0 Å². The van der Waals surface area contributed by atoms with Gasteiger partial charge in [-0.2, -0.15) is 0 Å². The topological polar surface area (TPSA) is 20.2 Å². The van der Waals surface area contributed by atoms with Crippen LogP contribution in [0.4, 0.5) is 0 Å². The number of hydrogen-bond donors (Lipinski definition) is 1. The first-order valence-electron chi connectivity index (χ1n) is 5.73. The van der Waals surface area contributed by atoms with Crippen LogP contribution >= 0.6 is 11.6 Å². The smallest absolute Gasteiger partial charge is 0.0648 e. The number of allylic oxidation sites excluding steroid dienone is 1. The van der Waals surface area contributed by atoms with Crippen LogP contribution in [-0.4, -0.2) is 17.1 Å². The van der Waals surface area contributed by atoms with Crippen LogP contribution in [0.5, 0.6) is 0 Å². The van der Waals surface area contributed by atoms with E-state index in [4.69, 9.17) is 11.6 Å². The van der Waals surface area contributed by atoms with Gasteiger partial charge in [-0.3, -0.25) is 0 Å². The zero-order valence-corrected chi connectivity index (χ0v) is 10.2. The van der Waals surface area contributed by atoms with Crippen molar-refractivity contribution in [3.8, 4) is 0 Å². The Morgan fingerprint density at radius 3 is 2.56 bits per heavy atom. The molecule has 2 atom stereocenters. The molecule has 0 radical (unpaired) electrons. The average molecular weight is 237 g/mol. The monoisotopic (exact) mass is 236 g/mol. The number of rotatable bonds is 2. The minimum Gasteiger partial charge on any atom is -0.392 e. The van der Waals surface area contributed by atoms with E-state index in [1.54, 1.807) is 0 Å². The molecule has 1 aromatic rings. The standard InChI is InChI=1S/C14H17ClO/c1-10-7-13(11-5-3-2-4-6-11)12(9-16)8-14(10)15/h2-6,10,14,16H,7-9H2,1H3. The average Bonchev–Trinajstić information content (AvgIpc) is 2.33. The molecule has 1 aliphatic rings. The Bertz CT molecular complexity index is 383. The van der Waals surface area contributed by atoms with E-state index in [1.807, 2.05) is 18.2 Å². The van der Waals surface area contributed by atoms with Crippen LogP contribution in [0.2, 0.25) is 0 Å². The predicted octanol–water partition coefficient (Wildman–Crippen LogP) is 3.47. The van der Waals surface area contributed by atoms with E-state index in [0.29, 0.717) is 5.92 Å². The molecule has 0 spiro atoms. The molecule has 2 heteroatoms. The second kappa shape index (κ2) is 5.03. The van der Waals surface area contributed by atoms with Gasteiger partial charge in [0.1, 0.15) is 0 Å². The SMILES string of the molecule is CC1CC(c2ccccc2)=C(CO)CC1Cl. The third-order valence-electron chi connectivity index (χ3n) is 3.32. The van der Waals surface area contributed by atoms with E-state index >= 15 is 0 Å². The summed E-state index contributed by atoms with van der Waals surface area (Å²) in [4.78, 5) is 0. The molecule has 86 valence electrons. The van der Waals surface area contributed by atoms with E-state index in [0.717, 1.165) is 18.4 Å². The first kappa shape index (κ1) is 11.7. The first-order valence-corrected chi connectivity index (χ1v) is 6.17. The van der Waals surface area contributed by atoms with Crippen LogP contribution in [0.1, 0.15) is 25.3 Å². The molecular formula is C14H17ClO. The Morgan fingerprint density at radius 2 is 1.94 bits per heavy atom. The maximum Gasteiger partial charge on any atom is 0.0648 e.